The summed E-state index contributed by atoms with van der Waals surface area (Å²) >= 11 is 0. The lowest BCUT2D eigenvalue weighted by molar-refractivity contribution is -0.142. The van der Waals surface area contributed by atoms with E-state index in [9.17, 15) is 9.59 Å². The molecule has 2 atom stereocenters. The second kappa shape index (κ2) is 8.14. The van der Waals surface area contributed by atoms with Crippen LogP contribution in [0.2, 0.25) is 0 Å². The van der Waals surface area contributed by atoms with Crippen LogP contribution in [-0.4, -0.2) is 51.2 Å². The number of rotatable bonds is 3. The average Bonchev–Trinajstić information content (AvgIpc) is 2.09. The first-order valence-corrected chi connectivity index (χ1v) is 5.25. The molecule has 0 aliphatic heterocycles. The van der Waals surface area contributed by atoms with Crippen LogP contribution < -0.4 is 11.1 Å². The number of aliphatic hydroxyl groups excluding tert-OH is 1. The fraction of sp³-hybridized carbons (Fsp3) is 0.700. The number of alkyl carbamates (subject to hydrolysis) is 1. The lowest BCUT2D eigenvalue weighted by Crippen LogP contribution is -2.49. The standard InChI is InChI=1S/C9H17NO5.CH3NO2/c1-5(11)6(7(12)13)10-8(14)15-9(2,3)4;2-1(3)4/h5-6,11H,1-4H3,(H,10,14)(H,12,13);2H2,(H,3,4)/t5-,6+;/m0./s1. The Balaban J connectivity index is 0. The number of hydrogen-bond donors (Lipinski definition) is 5. The predicted molar refractivity (Wildman–Crippen MR) is 64.7 cm³/mol. The van der Waals surface area contributed by atoms with E-state index in [2.05, 4.69) is 11.1 Å². The van der Waals surface area contributed by atoms with Crippen molar-refractivity contribution in [1.82, 2.24) is 5.32 Å². The van der Waals surface area contributed by atoms with Gasteiger partial charge in [-0.2, -0.15) is 0 Å². The zero-order chi connectivity index (χ0) is 15.8. The van der Waals surface area contributed by atoms with E-state index in [1.807, 2.05) is 0 Å². The summed E-state index contributed by atoms with van der Waals surface area (Å²) in [7, 11) is 0. The maximum absolute atomic E-state index is 11.2. The zero-order valence-electron chi connectivity index (χ0n) is 11.2. The monoisotopic (exact) mass is 280 g/mol. The van der Waals surface area contributed by atoms with Crippen molar-refractivity contribution in [2.45, 2.75) is 45.4 Å². The third kappa shape index (κ3) is 13.9. The number of nitrogens with two attached hydrogens (primary N) is 1. The average molecular weight is 280 g/mol. The number of carbonyl (C=O) groups excluding carboxylic acids is 1. The lowest BCUT2D eigenvalue weighted by Gasteiger charge is -2.22. The predicted octanol–water partition coefficient (Wildman–Crippen LogP) is -0.0318. The molecule has 19 heavy (non-hydrogen) atoms. The Hall–Kier alpha value is -2.03. The van der Waals surface area contributed by atoms with Gasteiger partial charge in [-0.25, -0.2) is 14.4 Å². The lowest BCUT2D eigenvalue weighted by atomic mass is 10.2. The number of aliphatic hydroxyl groups is 1. The minimum Gasteiger partial charge on any atom is -0.480 e. The fourth-order valence-corrected chi connectivity index (χ4v) is 0.823. The molecule has 0 saturated heterocycles. The van der Waals surface area contributed by atoms with Crippen molar-refractivity contribution in [2.24, 2.45) is 5.73 Å². The minimum absolute atomic E-state index is 0.703. The molecule has 0 rings (SSSR count). The van der Waals surface area contributed by atoms with E-state index in [0.29, 0.717) is 0 Å². The summed E-state index contributed by atoms with van der Waals surface area (Å²) in [5.41, 5.74) is 3.33. The zero-order valence-corrected chi connectivity index (χ0v) is 11.2. The van der Waals surface area contributed by atoms with Crippen molar-refractivity contribution in [3.05, 3.63) is 0 Å². The molecule has 0 aliphatic rings. The van der Waals surface area contributed by atoms with E-state index >= 15 is 0 Å². The minimum atomic E-state index is -1.36. The highest BCUT2D eigenvalue weighted by molar-refractivity contribution is 5.80. The maximum Gasteiger partial charge on any atom is 0.408 e. The van der Waals surface area contributed by atoms with E-state index in [1.54, 1.807) is 20.8 Å². The van der Waals surface area contributed by atoms with Gasteiger partial charge in [-0.3, -0.25) is 0 Å². The molecule has 0 unspecified atom stereocenters. The molecule has 2 amide bonds. The van der Waals surface area contributed by atoms with Gasteiger partial charge >= 0.3 is 18.2 Å². The smallest absolute Gasteiger partial charge is 0.408 e. The van der Waals surface area contributed by atoms with Crippen LogP contribution in [0.4, 0.5) is 9.59 Å². The first kappa shape index (κ1) is 19.3. The molecule has 0 saturated carbocycles. The molecule has 0 spiro atoms. The quantitative estimate of drug-likeness (QED) is 0.485. The van der Waals surface area contributed by atoms with Crippen LogP contribution in [-0.2, 0) is 9.53 Å². The van der Waals surface area contributed by atoms with E-state index in [4.69, 9.17) is 24.9 Å². The summed E-state index contributed by atoms with van der Waals surface area (Å²) in [5, 5.41) is 27.0. The van der Waals surface area contributed by atoms with Gasteiger partial charge in [0.1, 0.15) is 5.60 Å². The molecule has 0 aromatic rings. The number of amides is 2. The van der Waals surface area contributed by atoms with Gasteiger partial charge in [-0.05, 0) is 27.7 Å². The molecule has 0 aliphatic carbocycles. The molecule has 0 aromatic heterocycles. The van der Waals surface area contributed by atoms with Gasteiger partial charge in [0.2, 0.25) is 0 Å². The van der Waals surface area contributed by atoms with E-state index in [1.165, 1.54) is 6.92 Å². The summed E-state index contributed by atoms with van der Waals surface area (Å²) in [6, 6.07) is -1.36. The topological polar surface area (TPSA) is 159 Å². The highest BCUT2D eigenvalue weighted by Crippen LogP contribution is 2.07. The normalized spacial score (nSPS) is 13.3. The largest absolute Gasteiger partial charge is 0.480 e. The van der Waals surface area contributed by atoms with Gasteiger partial charge in [-0.15, -0.1) is 0 Å². The molecular weight excluding hydrogens is 260 g/mol. The molecule has 9 heteroatoms. The Labute approximate surface area is 110 Å². The van der Waals surface area contributed by atoms with Crippen molar-refractivity contribution in [3.63, 3.8) is 0 Å². The molecular formula is C10H20N2O7. The number of ether oxygens (including phenoxy) is 1. The molecule has 6 N–H and O–H groups in total. The first-order valence-electron chi connectivity index (χ1n) is 5.25. The van der Waals surface area contributed by atoms with Gasteiger partial charge in [0.15, 0.2) is 6.04 Å². The third-order valence-corrected chi connectivity index (χ3v) is 1.42. The second-order valence-electron chi connectivity index (χ2n) is 4.54. The van der Waals surface area contributed by atoms with Gasteiger partial charge in [-0.1, -0.05) is 0 Å². The van der Waals surface area contributed by atoms with Gasteiger partial charge < -0.3 is 31.1 Å². The number of carbonyl (C=O) groups is 3. The third-order valence-electron chi connectivity index (χ3n) is 1.42. The Morgan fingerprint density at radius 2 is 1.58 bits per heavy atom. The van der Waals surface area contributed by atoms with Crippen molar-refractivity contribution in [1.29, 1.82) is 0 Å². The number of primary amides is 1. The summed E-state index contributed by atoms with van der Waals surface area (Å²) in [6.07, 6.45) is -3.38. The SMILES string of the molecule is C[C@H](O)[C@@H](NC(=O)OC(C)(C)C)C(=O)O.NC(=O)O. The van der Waals surface area contributed by atoms with E-state index in [-0.39, 0.29) is 0 Å². The van der Waals surface area contributed by atoms with E-state index < -0.39 is 35.9 Å². The van der Waals surface area contributed by atoms with Gasteiger partial charge in [0, 0.05) is 0 Å². The summed E-state index contributed by atoms with van der Waals surface area (Å²) in [5.74, 6) is -1.31. The molecule has 0 bridgehead atoms. The maximum atomic E-state index is 11.2. The van der Waals surface area contributed by atoms with Crippen LogP contribution in [0.1, 0.15) is 27.7 Å². The Morgan fingerprint density at radius 3 is 1.79 bits per heavy atom. The number of aliphatic carboxylic acids is 1. The molecule has 0 fully saturated rings. The molecule has 0 aromatic carbocycles. The van der Waals surface area contributed by atoms with Crippen molar-refractivity contribution < 1.29 is 34.4 Å². The van der Waals surface area contributed by atoms with Crippen molar-refractivity contribution >= 4 is 18.2 Å². The van der Waals surface area contributed by atoms with Crippen LogP contribution in [0.3, 0.4) is 0 Å². The van der Waals surface area contributed by atoms with E-state index in [0.717, 1.165) is 0 Å². The Kier molecular flexibility index (Phi) is 8.27. The number of carboxylic acids is 1. The molecule has 9 nitrogen and oxygen atoms in total. The van der Waals surface area contributed by atoms with Crippen LogP contribution >= 0.6 is 0 Å². The van der Waals surface area contributed by atoms with Crippen LogP contribution in [0.5, 0.6) is 0 Å². The highest BCUT2D eigenvalue weighted by Gasteiger charge is 2.27. The first-order chi connectivity index (χ1) is 8.36. The fourth-order valence-electron chi connectivity index (χ4n) is 0.823. The number of nitrogens with one attached hydrogen (secondary N) is 1. The van der Waals surface area contributed by atoms with Crippen LogP contribution in [0.25, 0.3) is 0 Å². The van der Waals surface area contributed by atoms with Crippen LogP contribution in [0, 0.1) is 0 Å². The summed E-state index contributed by atoms with van der Waals surface area (Å²) in [4.78, 5) is 30.6. The van der Waals surface area contributed by atoms with Gasteiger partial charge in [0.25, 0.3) is 0 Å². The number of carboxylic acid groups (broad SMARTS) is 2. The van der Waals surface area contributed by atoms with Gasteiger partial charge in [0.05, 0.1) is 6.10 Å². The molecule has 0 radical (unpaired) electrons. The highest BCUT2D eigenvalue weighted by atomic mass is 16.6. The molecule has 0 heterocycles. The second-order valence-corrected chi connectivity index (χ2v) is 4.54. The Bertz CT molecular complexity index is 318. The Morgan fingerprint density at radius 1 is 1.21 bits per heavy atom. The van der Waals surface area contributed by atoms with Crippen molar-refractivity contribution in [3.8, 4) is 0 Å². The number of hydrogen-bond acceptors (Lipinski definition) is 5. The van der Waals surface area contributed by atoms with Crippen LogP contribution in [0.15, 0.2) is 0 Å². The summed E-state index contributed by atoms with van der Waals surface area (Å²) < 4.78 is 4.84. The summed E-state index contributed by atoms with van der Waals surface area (Å²) in [6.45, 7) is 6.25. The van der Waals surface area contributed by atoms with Crippen molar-refractivity contribution in [2.75, 3.05) is 0 Å². The molecule has 112 valence electrons.